The summed E-state index contributed by atoms with van der Waals surface area (Å²) in [6.45, 7) is 3.17. The SMILES string of the molecule is Cc1[nH]c(C(=O)N[C@@H]2[C@@H]3CN(c4nc(Cc5cccc(Cl)c5)c(C(=O)O)s4)C[C@@H]32)c(Cl)c1Cl. The van der Waals surface area contributed by atoms with Gasteiger partial charge in [0.25, 0.3) is 5.91 Å². The topological polar surface area (TPSA) is 98.3 Å². The van der Waals surface area contributed by atoms with Crippen molar-refractivity contribution < 1.29 is 14.7 Å². The molecule has 172 valence electrons. The number of carbonyl (C=O) groups is 2. The summed E-state index contributed by atoms with van der Waals surface area (Å²) in [6.07, 6.45) is 0.400. The Bertz CT molecular complexity index is 1260. The van der Waals surface area contributed by atoms with E-state index < -0.39 is 5.97 Å². The summed E-state index contributed by atoms with van der Waals surface area (Å²) in [6, 6.07) is 7.39. The quantitative estimate of drug-likeness (QED) is 0.425. The third-order valence-electron chi connectivity index (χ3n) is 6.18. The average Bonchev–Trinajstić information content (AvgIpc) is 3.12. The Kier molecular flexibility index (Phi) is 5.81. The first kappa shape index (κ1) is 22.5. The number of anilines is 1. The molecule has 11 heteroatoms. The van der Waals surface area contributed by atoms with Crippen LogP contribution in [-0.2, 0) is 6.42 Å². The highest BCUT2D eigenvalue weighted by molar-refractivity contribution is 7.17. The number of rotatable bonds is 6. The van der Waals surface area contributed by atoms with Crippen LogP contribution in [0.5, 0.6) is 0 Å². The van der Waals surface area contributed by atoms with E-state index in [2.05, 4.69) is 20.2 Å². The van der Waals surface area contributed by atoms with Gasteiger partial charge in [0, 0.05) is 48.1 Å². The number of carboxylic acid groups (broad SMARTS) is 1. The van der Waals surface area contributed by atoms with Gasteiger partial charge in [-0.15, -0.1) is 0 Å². The third-order valence-corrected chi connectivity index (χ3v) is 8.51. The molecule has 3 aromatic rings. The Morgan fingerprint density at radius 2 is 1.97 bits per heavy atom. The normalized spacial score (nSPS) is 21.2. The number of aromatic nitrogens is 2. The van der Waals surface area contributed by atoms with Crippen molar-refractivity contribution in [2.75, 3.05) is 18.0 Å². The van der Waals surface area contributed by atoms with Gasteiger partial charge in [-0.05, 0) is 24.6 Å². The highest BCUT2D eigenvalue weighted by atomic mass is 35.5. The van der Waals surface area contributed by atoms with Crippen LogP contribution in [-0.4, -0.2) is 46.1 Å². The predicted molar refractivity (Wildman–Crippen MR) is 129 cm³/mol. The Hall–Kier alpha value is -2.26. The van der Waals surface area contributed by atoms with Crippen molar-refractivity contribution in [3.63, 3.8) is 0 Å². The fourth-order valence-corrected chi connectivity index (χ4v) is 6.02. The van der Waals surface area contributed by atoms with Crippen LogP contribution in [0, 0.1) is 18.8 Å². The number of halogens is 3. The number of hydrogen-bond donors (Lipinski definition) is 3. The second-order valence-electron chi connectivity index (χ2n) is 8.37. The van der Waals surface area contributed by atoms with Gasteiger partial charge in [-0.2, -0.15) is 0 Å². The lowest BCUT2D eigenvalue weighted by Crippen LogP contribution is -2.34. The molecule has 0 unspecified atom stereocenters. The number of piperidine rings is 1. The molecule has 1 aliphatic carbocycles. The zero-order valence-electron chi connectivity index (χ0n) is 17.4. The molecule has 1 amide bonds. The Labute approximate surface area is 208 Å². The van der Waals surface area contributed by atoms with Gasteiger partial charge in [-0.1, -0.05) is 58.3 Å². The van der Waals surface area contributed by atoms with E-state index in [9.17, 15) is 14.7 Å². The second-order valence-corrected chi connectivity index (χ2v) is 10.5. The van der Waals surface area contributed by atoms with Gasteiger partial charge in [0.2, 0.25) is 0 Å². The number of aromatic carboxylic acids is 1. The van der Waals surface area contributed by atoms with Crippen LogP contribution in [0.4, 0.5) is 5.13 Å². The summed E-state index contributed by atoms with van der Waals surface area (Å²) in [4.78, 5) is 34.3. The van der Waals surface area contributed by atoms with Crippen LogP contribution in [0.15, 0.2) is 24.3 Å². The van der Waals surface area contributed by atoms with Crippen LogP contribution in [0.3, 0.4) is 0 Å². The van der Waals surface area contributed by atoms with Gasteiger partial charge in [0.15, 0.2) is 5.13 Å². The smallest absolute Gasteiger partial charge is 0.347 e. The first-order chi connectivity index (χ1) is 15.7. The molecule has 1 aromatic carbocycles. The summed E-state index contributed by atoms with van der Waals surface area (Å²) in [5.41, 5.74) is 2.37. The Balaban J connectivity index is 1.25. The molecule has 33 heavy (non-hydrogen) atoms. The first-order valence-corrected chi connectivity index (χ1v) is 12.2. The monoisotopic (exact) mass is 524 g/mol. The predicted octanol–water partition coefficient (Wildman–Crippen LogP) is 4.89. The molecule has 3 N–H and O–H groups in total. The zero-order chi connectivity index (χ0) is 23.4. The molecular formula is C22H19Cl3N4O3S. The highest BCUT2D eigenvalue weighted by Crippen LogP contribution is 2.48. The molecule has 3 atom stereocenters. The number of carbonyl (C=O) groups excluding carboxylic acids is 1. The largest absolute Gasteiger partial charge is 0.477 e. The minimum absolute atomic E-state index is 0.0528. The molecule has 2 aromatic heterocycles. The fourth-order valence-electron chi connectivity index (χ4n) is 4.45. The van der Waals surface area contributed by atoms with E-state index in [1.807, 2.05) is 18.2 Å². The average molecular weight is 526 g/mol. The molecule has 0 spiro atoms. The second kappa shape index (κ2) is 8.51. The number of aryl methyl sites for hydroxylation is 1. The van der Waals surface area contributed by atoms with Crippen LogP contribution < -0.4 is 10.2 Å². The number of fused-ring (bicyclic) bond motifs is 1. The van der Waals surface area contributed by atoms with Crippen molar-refractivity contribution in [3.8, 4) is 0 Å². The van der Waals surface area contributed by atoms with E-state index in [-0.39, 0.29) is 39.4 Å². The minimum atomic E-state index is -0.984. The number of H-pyrrole nitrogens is 1. The minimum Gasteiger partial charge on any atom is -0.477 e. The van der Waals surface area contributed by atoms with Gasteiger partial charge in [-0.3, -0.25) is 4.79 Å². The molecule has 5 rings (SSSR count). The summed E-state index contributed by atoms with van der Waals surface area (Å²) in [5.74, 6) is -0.685. The molecule has 3 heterocycles. The number of nitrogens with zero attached hydrogens (tertiary/aromatic N) is 2. The summed E-state index contributed by atoms with van der Waals surface area (Å²) < 4.78 is 0. The maximum atomic E-state index is 12.6. The van der Waals surface area contributed by atoms with E-state index >= 15 is 0 Å². The van der Waals surface area contributed by atoms with Crippen LogP contribution in [0.2, 0.25) is 15.1 Å². The molecule has 1 saturated carbocycles. The first-order valence-electron chi connectivity index (χ1n) is 10.3. The Morgan fingerprint density at radius 1 is 1.24 bits per heavy atom. The van der Waals surface area contributed by atoms with Crippen molar-refractivity contribution >= 4 is 63.1 Å². The molecular weight excluding hydrogens is 507 g/mol. The van der Waals surface area contributed by atoms with Gasteiger partial charge in [0.1, 0.15) is 10.6 Å². The summed E-state index contributed by atoms with van der Waals surface area (Å²) >= 11 is 19.5. The number of aromatic amines is 1. The molecule has 0 bridgehead atoms. The number of nitrogens with one attached hydrogen (secondary N) is 2. The van der Waals surface area contributed by atoms with Crippen molar-refractivity contribution in [3.05, 3.63) is 66.9 Å². The fraction of sp³-hybridized carbons (Fsp3) is 0.318. The third kappa shape index (κ3) is 4.21. The summed E-state index contributed by atoms with van der Waals surface area (Å²) in [7, 11) is 0. The lowest BCUT2D eigenvalue weighted by atomic mass is 10.1. The molecule has 1 saturated heterocycles. The Morgan fingerprint density at radius 3 is 2.58 bits per heavy atom. The van der Waals surface area contributed by atoms with Crippen LogP contribution in [0.1, 0.15) is 37.1 Å². The zero-order valence-corrected chi connectivity index (χ0v) is 20.4. The lowest BCUT2D eigenvalue weighted by Gasteiger charge is -2.19. The summed E-state index contributed by atoms with van der Waals surface area (Å²) in [5, 5.41) is 14.6. The van der Waals surface area contributed by atoms with Crippen molar-refractivity contribution in [1.82, 2.24) is 15.3 Å². The van der Waals surface area contributed by atoms with Crippen LogP contribution >= 0.6 is 46.1 Å². The molecule has 7 nitrogen and oxygen atoms in total. The van der Waals surface area contributed by atoms with Gasteiger partial charge in [0.05, 0.1) is 15.7 Å². The van der Waals surface area contributed by atoms with Gasteiger partial charge >= 0.3 is 5.97 Å². The van der Waals surface area contributed by atoms with Crippen molar-refractivity contribution in [1.29, 1.82) is 0 Å². The number of thiazole rings is 1. The molecule has 0 radical (unpaired) electrons. The van der Waals surface area contributed by atoms with Gasteiger partial charge < -0.3 is 20.3 Å². The molecule has 2 aliphatic rings. The van der Waals surface area contributed by atoms with E-state index in [1.54, 1.807) is 13.0 Å². The molecule has 1 aliphatic heterocycles. The lowest BCUT2D eigenvalue weighted by molar-refractivity contribution is 0.0700. The van der Waals surface area contributed by atoms with E-state index in [0.717, 1.165) is 5.56 Å². The van der Waals surface area contributed by atoms with Crippen molar-refractivity contribution in [2.24, 2.45) is 11.8 Å². The number of hydrogen-bond acceptors (Lipinski definition) is 5. The maximum absolute atomic E-state index is 12.6. The molecule has 2 fully saturated rings. The van der Waals surface area contributed by atoms with E-state index in [0.29, 0.717) is 46.1 Å². The maximum Gasteiger partial charge on any atom is 0.347 e. The number of benzene rings is 1. The van der Waals surface area contributed by atoms with E-state index in [1.165, 1.54) is 11.3 Å². The van der Waals surface area contributed by atoms with Crippen LogP contribution in [0.25, 0.3) is 0 Å². The number of carboxylic acids is 1. The van der Waals surface area contributed by atoms with E-state index in [4.69, 9.17) is 34.8 Å². The van der Waals surface area contributed by atoms with Crippen molar-refractivity contribution in [2.45, 2.75) is 19.4 Å². The number of amides is 1. The standard InChI is InChI=1S/C22H19Cl3N4O3S/c1-9-15(24)16(25)18(26-9)20(30)28-17-12-7-29(8-13(12)17)22-27-14(19(33-22)21(31)32)6-10-3-2-4-11(23)5-10/h2-5,12-13,17,26H,6-8H2,1H3,(H,28,30)(H,31,32)/t12-,13+,17-. The van der Waals surface area contributed by atoms with Gasteiger partial charge in [-0.25, -0.2) is 9.78 Å². The highest BCUT2D eigenvalue weighted by Gasteiger charge is 2.57.